The Balaban J connectivity index is 1.55. The van der Waals surface area contributed by atoms with E-state index in [0.717, 1.165) is 23.3 Å². The molecule has 0 aliphatic heterocycles. The molecule has 2 amide bonds. The molecule has 0 bridgehead atoms. The molecule has 0 saturated carbocycles. The highest BCUT2D eigenvalue weighted by atomic mass is 19.4. The number of carbonyl (C=O) groups excluding carboxylic acids is 1. The van der Waals surface area contributed by atoms with Crippen molar-refractivity contribution in [2.45, 2.75) is 32.2 Å². The summed E-state index contributed by atoms with van der Waals surface area (Å²) in [6.45, 7) is 2.62. The van der Waals surface area contributed by atoms with Crippen LogP contribution in [0.3, 0.4) is 0 Å². The number of amides is 2. The van der Waals surface area contributed by atoms with Gasteiger partial charge in [-0.05, 0) is 35.7 Å². The molecule has 1 atom stereocenters. The topological polar surface area (TPSA) is 59.0 Å². The van der Waals surface area contributed by atoms with Gasteiger partial charge < -0.3 is 15.2 Å². The van der Waals surface area contributed by atoms with Crippen molar-refractivity contribution in [3.8, 4) is 0 Å². The van der Waals surface area contributed by atoms with Crippen LogP contribution in [0.5, 0.6) is 0 Å². The van der Waals surface area contributed by atoms with Crippen molar-refractivity contribution in [3.63, 3.8) is 0 Å². The molecule has 152 valence electrons. The van der Waals surface area contributed by atoms with Crippen LogP contribution in [-0.2, 0) is 19.3 Å². The molecule has 0 radical (unpaired) electrons. The van der Waals surface area contributed by atoms with E-state index in [2.05, 4.69) is 15.6 Å². The van der Waals surface area contributed by atoms with Gasteiger partial charge in [-0.2, -0.15) is 13.2 Å². The van der Waals surface area contributed by atoms with Gasteiger partial charge in [-0.3, -0.25) is 0 Å². The number of carbonyl (C=O) groups is 1. The maximum atomic E-state index is 12.8. The number of nitrogens with one attached hydrogen (secondary N) is 2. The third-order valence-electron chi connectivity index (χ3n) is 4.43. The number of nitrogens with zero attached hydrogens (tertiary/aromatic N) is 2. The van der Waals surface area contributed by atoms with Crippen molar-refractivity contribution >= 4 is 6.03 Å². The number of rotatable bonds is 6. The summed E-state index contributed by atoms with van der Waals surface area (Å²) in [6, 6.07) is 11.7. The van der Waals surface area contributed by atoms with Gasteiger partial charge in [0.15, 0.2) is 0 Å². The molecule has 3 aromatic rings. The summed E-state index contributed by atoms with van der Waals surface area (Å²) in [5, 5.41) is 5.41. The monoisotopic (exact) mass is 402 g/mol. The second kappa shape index (κ2) is 8.81. The Morgan fingerprint density at radius 3 is 2.62 bits per heavy atom. The zero-order chi connectivity index (χ0) is 20.9. The van der Waals surface area contributed by atoms with E-state index in [-0.39, 0.29) is 0 Å². The molecule has 2 aromatic carbocycles. The van der Waals surface area contributed by atoms with Gasteiger partial charge in [0.1, 0.15) is 0 Å². The summed E-state index contributed by atoms with van der Waals surface area (Å²) in [5.41, 5.74) is 1.64. The summed E-state index contributed by atoms with van der Waals surface area (Å²) in [4.78, 5) is 16.2. The first-order chi connectivity index (χ1) is 13.8. The third-order valence-corrected chi connectivity index (χ3v) is 4.43. The van der Waals surface area contributed by atoms with Crippen molar-refractivity contribution in [1.82, 2.24) is 20.2 Å². The molecule has 5 nitrogen and oxygen atoms in total. The van der Waals surface area contributed by atoms with Gasteiger partial charge in [-0.1, -0.05) is 36.4 Å². The quantitative estimate of drug-likeness (QED) is 0.637. The molecule has 0 spiro atoms. The predicted molar refractivity (Wildman–Crippen MR) is 103 cm³/mol. The van der Waals surface area contributed by atoms with Gasteiger partial charge in [-0.25, -0.2) is 9.78 Å². The van der Waals surface area contributed by atoms with Crippen LogP contribution in [0.1, 0.15) is 35.2 Å². The molecule has 8 heteroatoms. The summed E-state index contributed by atoms with van der Waals surface area (Å²) < 4.78 is 40.5. The fourth-order valence-corrected chi connectivity index (χ4v) is 2.93. The molecule has 0 fully saturated rings. The lowest BCUT2D eigenvalue weighted by Crippen LogP contribution is -2.36. The Morgan fingerprint density at radius 1 is 1.14 bits per heavy atom. The van der Waals surface area contributed by atoms with Crippen LogP contribution < -0.4 is 10.6 Å². The molecule has 0 saturated heterocycles. The van der Waals surface area contributed by atoms with Crippen molar-refractivity contribution in [3.05, 3.63) is 89.5 Å². The Kier molecular flexibility index (Phi) is 6.21. The average Bonchev–Trinajstić information content (AvgIpc) is 3.19. The van der Waals surface area contributed by atoms with Crippen LogP contribution in [0.25, 0.3) is 0 Å². The number of halogens is 3. The molecular weight excluding hydrogens is 381 g/mol. The Hall–Kier alpha value is -3.29. The van der Waals surface area contributed by atoms with Gasteiger partial charge in [0.2, 0.25) is 0 Å². The van der Waals surface area contributed by atoms with Crippen LogP contribution in [0.2, 0.25) is 0 Å². The largest absolute Gasteiger partial charge is 0.416 e. The lowest BCUT2D eigenvalue weighted by molar-refractivity contribution is -0.137. The number of hydrogen-bond acceptors (Lipinski definition) is 2. The van der Waals surface area contributed by atoms with E-state index in [1.54, 1.807) is 25.5 Å². The van der Waals surface area contributed by atoms with Gasteiger partial charge in [0.25, 0.3) is 0 Å². The van der Waals surface area contributed by atoms with Crippen molar-refractivity contribution in [2.75, 3.05) is 0 Å². The van der Waals surface area contributed by atoms with Gasteiger partial charge in [0.05, 0.1) is 17.9 Å². The number of imidazole rings is 1. The SMILES string of the molecule is C[C@H](NC(=O)NCc1cccc(Cn2ccnc2)c1)c1cccc(C(F)(F)F)c1. The molecule has 0 unspecified atom stereocenters. The van der Waals surface area contributed by atoms with Crippen LogP contribution >= 0.6 is 0 Å². The van der Waals surface area contributed by atoms with Crippen LogP contribution in [0.15, 0.2) is 67.3 Å². The maximum absolute atomic E-state index is 12.8. The number of hydrogen-bond donors (Lipinski definition) is 2. The van der Waals surface area contributed by atoms with E-state index < -0.39 is 23.8 Å². The van der Waals surface area contributed by atoms with Crippen molar-refractivity contribution in [1.29, 1.82) is 0 Å². The van der Waals surface area contributed by atoms with E-state index in [1.807, 2.05) is 35.0 Å². The van der Waals surface area contributed by atoms with Crippen LogP contribution in [-0.4, -0.2) is 15.6 Å². The zero-order valence-corrected chi connectivity index (χ0v) is 15.8. The predicted octanol–water partition coefficient (Wildman–Crippen LogP) is 4.51. The minimum absolute atomic E-state index is 0.304. The first-order valence-corrected chi connectivity index (χ1v) is 9.06. The molecule has 2 N–H and O–H groups in total. The standard InChI is InChI=1S/C21H21F3N4O/c1-15(18-6-3-7-19(11-18)21(22,23)24)27-20(29)26-12-16-4-2-5-17(10-16)13-28-9-8-25-14-28/h2-11,14-15H,12-13H2,1H3,(H2,26,27,29)/t15-/m0/s1. The normalized spacial score (nSPS) is 12.4. The van der Waals surface area contributed by atoms with E-state index in [4.69, 9.17) is 0 Å². The first-order valence-electron chi connectivity index (χ1n) is 9.06. The third kappa shape index (κ3) is 5.84. The molecule has 29 heavy (non-hydrogen) atoms. The molecule has 3 rings (SSSR count). The molecule has 1 aromatic heterocycles. The minimum Gasteiger partial charge on any atom is -0.334 e. The second-order valence-corrected chi connectivity index (χ2v) is 6.73. The van der Waals surface area contributed by atoms with Crippen LogP contribution in [0, 0.1) is 0 Å². The fraction of sp³-hybridized carbons (Fsp3) is 0.238. The lowest BCUT2D eigenvalue weighted by Gasteiger charge is -2.17. The van der Waals surface area contributed by atoms with E-state index in [9.17, 15) is 18.0 Å². The highest BCUT2D eigenvalue weighted by Gasteiger charge is 2.30. The molecule has 0 aliphatic rings. The average molecular weight is 402 g/mol. The number of benzene rings is 2. The summed E-state index contributed by atoms with van der Waals surface area (Å²) in [7, 11) is 0. The maximum Gasteiger partial charge on any atom is 0.416 e. The van der Waals surface area contributed by atoms with Gasteiger partial charge in [0, 0.05) is 25.5 Å². The molecule has 1 heterocycles. The zero-order valence-electron chi connectivity index (χ0n) is 15.8. The highest BCUT2D eigenvalue weighted by molar-refractivity contribution is 5.74. The Morgan fingerprint density at radius 2 is 1.90 bits per heavy atom. The highest BCUT2D eigenvalue weighted by Crippen LogP contribution is 2.30. The van der Waals surface area contributed by atoms with Crippen molar-refractivity contribution in [2.24, 2.45) is 0 Å². The van der Waals surface area contributed by atoms with Gasteiger partial charge >= 0.3 is 12.2 Å². The van der Waals surface area contributed by atoms with Crippen LogP contribution in [0.4, 0.5) is 18.0 Å². The lowest BCUT2D eigenvalue weighted by atomic mass is 10.1. The molecule has 0 aliphatic carbocycles. The molecular formula is C21H21F3N4O. The first kappa shape index (κ1) is 20.4. The van der Waals surface area contributed by atoms with Crippen molar-refractivity contribution < 1.29 is 18.0 Å². The smallest absolute Gasteiger partial charge is 0.334 e. The van der Waals surface area contributed by atoms with E-state index in [1.165, 1.54) is 6.07 Å². The minimum atomic E-state index is -4.42. The second-order valence-electron chi connectivity index (χ2n) is 6.73. The fourth-order valence-electron chi connectivity index (χ4n) is 2.93. The summed E-state index contributed by atoms with van der Waals surface area (Å²) in [6.07, 6.45) is 0.891. The summed E-state index contributed by atoms with van der Waals surface area (Å²) >= 11 is 0. The van der Waals surface area contributed by atoms with E-state index in [0.29, 0.717) is 18.7 Å². The number of urea groups is 1. The Bertz CT molecular complexity index is 955. The Labute approximate surface area is 166 Å². The van der Waals surface area contributed by atoms with E-state index >= 15 is 0 Å². The number of alkyl halides is 3. The van der Waals surface area contributed by atoms with Gasteiger partial charge in [-0.15, -0.1) is 0 Å². The summed E-state index contributed by atoms with van der Waals surface area (Å²) in [5.74, 6) is 0. The number of aromatic nitrogens is 2.